The zero-order valence-electron chi connectivity index (χ0n) is 28.7. The molecule has 3 fully saturated rings. The maximum Gasteiger partial charge on any atom is 0.311 e. The molecule has 5 atom stereocenters. The minimum atomic E-state index is -0.149. The monoisotopic (exact) mass is 647 g/mol. The van der Waals surface area contributed by atoms with Crippen LogP contribution in [0.3, 0.4) is 0 Å². The molecule has 0 spiro atoms. The van der Waals surface area contributed by atoms with Crippen LogP contribution in [0.25, 0.3) is 0 Å². The van der Waals surface area contributed by atoms with Crippen LogP contribution >= 0.6 is 11.3 Å². The van der Waals surface area contributed by atoms with E-state index in [1.54, 1.807) is 13.3 Å². The van der Waals surface area contributed by atoms with Gasteiger partial charge in [0, 0.05) is 34.9 Å². The fraction of sp³-hybridized carbons (Fsp3) is 0.684. The molecule has 0 radical (unpaired) electrons. The predicted octanol–water partition coefficient (Wildman–Crippen LogP) is 9.13. The van der Waals surface area contributed by atoms with E-state index in [1.165, 1.54) is 53.9 Å². The van der Waals surface area contributed by atoms with Crippen LogP contribution in [0.2, 0.25) is 0 Å². The van der Waals surface area contributed by atoms with Crippen LogP contribution in [0.15, 0.2) is 23.5 Å². The van der Waals surface area contributed by atoms with Crippen molar-refractivity contribution in [1.29, 1.82) is 0 Å². The van der Waals surface area contributed by atoms with Gasteiger partial charge in [0.25, 0.3) is 0 Å². The summed E-state index contributed by atoms with van der Waals surface area (Å²) in [6, 6.07) is 4.61. The second kappa shape index (κ2) is 13.4. The quantitative estimate of drug-likeness (QED) is 0.167. The maximum atomic E-state index is 13.1. The molecule has 1 aromatic heterocycles. The lowest BCUT2D eigenvalue weighted by atomic mass is 9.53. The lowest BCUT2D eigenvalue weighted by Gasteiger charge is -2.50. The van der Waals surface area contributed by atoms with E-state index in [0.29, 0.717) is 47.6 Å². The van der Waals surface area contributed by atoms with E-state index in [-0.39, 0.29) is 22.7 Å². The maximum absolute atomic E-state index is 13.1. The van der Waals surface area contributed by atoms with E-state index in [9.17, 15) is 9.59 Å². The summed E-state index contributed by atoms with van der Waals surface area (Å²) in [5.41, 5.74) is 4.92. The summed E-state index contributed by atoms with van der Waals surface area (Å²) in [6.45, 7) is 11.1. The number of ether oxygens (including phenoxy) is 1. The van der Waals surface area contributed by atoms with Crippen LogP contribution in [0.5, 0.6) is 5.75 Å². The van der Waals surface area contributed by atoms with Crippen molar-refractivity contribution in [2.24, 2.45) is 34.2 Å². The number of amides is 1. The number of fused-ring (bicyclic) bond motifs is 5. The van der Waals surface area contributed by atoms with Crippen molar-refractivity contribution < 1.29 is 19.2 Å². The number of thiazole rings is 1. The van der Waals surface area contributed by atoms with E-state index < -0.39 is 0 Å². The Bertz CT molecular complexity index is 1470. The summed E-state index contributed by atoms with van der Waals surface area (Å²) < 4.78 is 6.17. The molecule has 46 heavy (non-hydrogen) atoms. The molecular weight excluding hydrogens is 595 g/mol. The summed E-state index contributed by atoms with van der Waals surface area (Å²) in [7, 11) is 1.65. The first-order valence-electron chi connectivity index (χ1n) is 17.7. The number of oxime groups is 1. The lowest BCUT2D eigenvalue weighted by Crippen LogP contribution is -2.44. The van der Waals surface area contributed by atoms with Gasteiger partial charge in [-0.1, -0.05) is 64.6 Å². The third-order valence-electron chi connectivity index (χ3n) is 11.8. The van der Waals surface area contributed by atoms with Gasteiger partial charge in [-0.15, -0.1) is 11.3 Å². The van der Waals surface area contributed by atoms with Gasteiger partial charge in [0.1, 0.15) is 12.9 Å². The molecule has 250 valence electrons. The van der Waals surface area contributed by atoms with Gasteiger partial charge < -0.3 is 14.9 Å². The molecule has 6 rings (SSSR count). The molecular formula is C38H53N3O4S. The first-order valence-corrected chi connectivity index (χ1v) is 18.5. The predicted molar refractivity (Wildman–Crippen MR) is 185 cm³/mol. The minimum absolute atomic E-state index is 0.0239. The van der Waals surface area contributed by atoms with Crippen LogP contribution < -0.4 is 10.1 Å². The number of aromatic nitrogens is 1. The van der Waals surface area contributed by atoms with Crippen molar-refractivity contribution in [3.05, 3.63) is 39.9 Å². The van der Waals surface area contributed by atoms with Gasteiger partial charge in [0.05, 0.1) is 5.71 Å². The number of aryl methyl sites for hydroxylation is 2. The number of anilines is 1. The molecule has 2 aromatic rings. The number of carbonyl (C=O) groups is 2. The average molecular weight is 648 g/mol. The number of carbonyl (C=O) groups excluding carboxylic acids is 2. The fourth-order valence-corrected chi connectivity index (χ4v) is 10.3. The van der Waals surface area contributed by atoms with Crippen LogP contribution in [0.1, 0.15) is 132 Å². The minimum Gasteiger partial charge on any atom is -0.426 e. The molecule has 0 bridgehead atoms. The highest BCUT2D eigenvalue weighted by Crippen LogP contribution is 2.63. The molecule has 1 heterocycles. The summed E-state index contributed by atoms with van der Waals surface area (Å²) in [4.78, 5) is 36.8. The van der Waals surface area contributed by atoms with Gasteiger partial charge in [0.2, 0.25) is 5.91 Å². The first kappa shape index (κ1) is 33.2. The number of hydrogen-bond acceptors (Lipinski definition) is 7. The van der Waals surface area contributed by atoms with Crippen LogP contribution in [-0.4, -0.2) is 29.7 Å². The van der Waals surface area contributed by atoms with Crippen molar-refractivity contribution in [3.8, 4) is 5.75 Å². The molecule has 8 heteroatoms. The zero-order chi connectivity index (χ0) is 32.6. The molecule has 1 N–H and O–H groups in total. The van der Waals surface area contributed by atoms with Gasteiger partial charge in [0.15, 0.2) is 5.13 Å². The van der Waals surface area contributed by atoms with E-state index in [1.807, 2.05) is 6.92 Å². The van der Waals surface area contributed by atoms with Gasteiger partial charge in [-0.3, -0.25) is 9.59 Å². The van der Waals surface area contributed by atoms with Gasteiger partial charge in [-0.05, 0) is 104 Å². The highest BCUT2D eigenvalue weighted by molar-refractivity contribution is 7.15. The highest BCUT2D eigenvalue weighted by Gasteiger charge is 2.57. The number of benzene rings is 1. The zero-order valence-corrected chi connectivity index (χ0v) is 29.6. The summed E-state index contributed by atoms with van der Waals surface area (Å²) in [6.07, 6.45) is 14.8. The number of nitrogens with zero attached hydrogens (tertiary/aromatic N) is 2. The first-order chi connectivity index (χ1) is 22.0. The lowest BCUT2D eigenvalue weighted by molar-refractivity contribution is -0.134. The standard InChI is InChI=1S/C38H53N3O4S/c1-23-22-39-36(46-23)40-33(42)15-13-26-20-32(41-44-6)38(5)18-17-27-28(35(26)38)14-12-25-19-31(30(21-29(25)27)37(2,3)4)45-34(43)16-11-24-9-7-8-10-24/h19,21-22,24,26-28,35H,7-18,20H2,1-6H3,(H,39,40,42)/t26-,27?,28?,35?,38-/m1/s1. The van der Waals surface area contributed by atoms with E-state index in [0.717, 1.165) is 61.1 Å². The van der Waals surface area contributed by atoms with Crippen LogP contribution in [-0.2, 0) is 26.3 Å². The van der Waals surface area contributed by atoms with E-state index >= 15 is 0 Å². The summed E-state index contributed by atoms with van der Waals surface area (Å²) in [5.74, 6) is 3.16. The molecule has 3 saturated carbocycles. The Labute approximate surface area is 279 Å². The Morgan fingerprint density at radius 2 is 1.89 bits per heavy atom. The van der Waals surface area contributed by atoms with Crippen molar-refractivity contribution in [2.75, 3.05) is 12.4 Å². The molecule has 1 amide bonds. The van der Waals surface area contributed by atoms with Crippen molar-refractivity contribution >= 4 is 34.1 Å². The summed E-state index contributed by atoms with van der Waals surface area (Å²) in [5, 5.41) is 8.28. The molecule has 4 aliphatic carbocycles. The average Bonchev–Trinajstić information content (AvgIpc) is 3.74. The van der Waals surface area contributed by atoms with Crippen LogP contribution in [0.4, 0.5) is 5.13 Å². The highest BCUT2D eigenvalue weighted by atomic mass is 32.1. The largest absolute Gasteiger partial charge is 0.426 e. The molecule has 4 aliphatic rings. The summed E-state index contributed by atoms with van der Waals surface area (Å²) >= 11 is 1.51. The van der Waals surface area contributed by atoms with Gasteiger partial charge in [-0.25, -0.2) is 4.98 Å². The van der Waals surface area contributed by atoms with Crippen molar-refractivity contribution in [3.63, 3.8) is 0 Å². The molecule has 0 saturated heterocycles. The van der Waals surface area contributed by atoms with Gasteiger partial charge >= 0.3 is 5.97 Å². The SMILES string of the molecule is CON=C1C[C@@H](CCC(=O)Nc2ncc(C)s2)C2C3CCc4cc(OC(=O)CCC5CCCC5)c(C(C)(C)C)cc4C3CC[C@]12C. The Morgan fingerprint density at radius 1 is 1.11 bits per heavy atom. The van der Waals surface area contributed by atoms with Gasteiger partial charge in [-0.2, -0.15) is 0 Å². The second-order valence-electron chi connectivity index (χ2n) is 15.8. The number of rotatable bonds is 9. The Kier molecular flexibility index (Phi) is 9.67. The van der Waals surface area contributed by atoms with Crippen molar-refractivity contribution in [2.45, 2.75) is 129 Å². The third-order valence-corrected chi connectivity index (χ3v) is 12.6. The number of esters is 1. The Morgan fingerprint density at radius 3 is 2.59 bits per heavy atom. The van der Waals surface area contributed by atoms with Crippen molar-refractivity contribution in [1.82, 2.24) is 4.98 Å². The molecule has 0 aliphatic heterocycles. The van der Waals surface area contributed by atoms with E-state index in [4.69, 9.17) is 9.57 Å². The number of nitrogens with one attached hydrogen (secondary N) is 1. The molecule has 7 nitrogen and oxygen atoms in total. The van der Waals surface area contributed by atoms with Crippen LogP contribution in [0, 0.1) is 36.0 Å². The molecule has 3 unspecified atom stereocenters. The normalized spacial score (nSPS) is 28.4. The topological polar surface area (TPSA) is 89.9 Å². The Hall–Kier alpha value is -2.74. The Balaban J connectivity index is 1.23. The smallest absolute Gasteiger partial charge is 0.311 e. The molecule has 1 aromatic carbocycles. The number of hydrogen-bond donors (Lipinski definition) is 1. The fourth-order valence-electron chi connectivity index (χ4n) is 9.57. The second-order valence-corrected chi connectivity index (χ2v) is 17.0. The third kappa shape index (κ3) is 6.79. The van der Waals surface area contributed by atoms with E-state index in [2.05, 4.69) is 55.3 Å².